The molecule has 7 heteroatoms. The summed E-state index contributed by atoms with van der Waals surface area (Å²) >= 11 is 0. The third kappa shape index (κ3) is 18.4. The Kier molecular flexibility index (Phi) is 20.9. The van der Waals surface area contributed by atoms with E-state index in [4.69, 9.17) is 0 Å². The number of aliphatic carboxylic acids is 3. The minimum Gasteiger partial charge on any atom is -0.481 e. The molecule has 0 aromatic rings. The van der Waals surface area contributed by atoms with Gasteiger partial charge in [-0.15, -0.1) is 0 Å². The molecule has 3 N–H and O–H groups in total. The van der Waals surface area contributed by atoms with Crippen LogP contribution < -0.4 is 0 Å². The summed E-state index contributed by atoms with van der Waals surface area (Å²) in [4.78, 5) is 34.8. The van der Waals surface area contributed by atoms with Gasteiger partial charge in [-0.1, -0.05) is 96.1 Å². The molecule has 0 aliphatic carbocycles. The summed E-state index contributed by atoms with van der Waals surface area (Å²) in [6, 6.07) is 0. The molecule has 3 unspecified atom stereocenters. The number of hydrogen-bond donors (Lipinski definition) is 3. The third-order valence-electron chi connectivity index (χ3n) is 7.66. The van der Waals surface area contributed by atoms with Crippen LogP contribution in [0, 0.1) is 17.8 Å². The van der Waals surface area contributed by atoms with Crippen molar-refractivity contribution in [3.05, 3.63) is 12.2 Å². The van der Waals surface area contributed by atoms with Crippen molar-refractivity contribution in [1.82, 2.24) is 0 Å². The van der Waals surface area contributed by atoms with Gasteiger partial charge in [-0.2, -0.15) is 0 Å². The van der Waals surface area contributed by atoms with Crippen LogP contribution in [0.5, 0.6) is 0 Å². The highest BCUT2D eigenvalue weighted by molar-refractivity contribution is 5.70. The quantitative estimate of drug-likeness (QED) is 0.0599. The molecule has 0 aliphatic rings. The third-order valence-corrected chi connectivity index (χ3v) is 7.66. The maximum Gasteiger partial charge on any atom is 0.311 e. The first-order valence-corrected chi connectivity index (χ1v) is 15.2. The molecule has 7 nitrogen and oxygen atoms in total. The number of unbranched alkanes of at least 4 members (excludes halogenated alkanes) is 13. The van der Waals surface area contributed by atoms with Gasteiger partial charge in [0.25, 0.3) is 0 Å². The van der Waals surface area contributed by atoms with Gasteiger partial charge in [0.2, 0.25) is 0 Å². The molecule has 38 heavy (non-hydrogen) atoms. The Balaban J connectivity index is 4.51. The van der Waals surface area contributed by atoms with E-state index in [1.54, 1.807) is 20.8 Å². The zero-order chi connectivity index (χ0) is 28.8. The number of allylic oxidation sites excluding steroid dienone is 1. The predicted molar refractivity (Wildman–Crippen MR) is 154 cm³/mol. The molecule has 0 heterocycles. The van der Waals surface area contributed by atoms with Gasteiger partial charge in [0.05, 0.1) is 26.2 Å². The van der Waals surface area contributed by atoms with Crippen LogP contribution in [0.2, 0.25) is 0 Å². The molecule has 3 atom stereocenters. The summed E-state index contributed by atoms with van der Waals surface area (Å²) in [6.45, 7) is 8.27. The molecule has 0 spiro atoms. The number of carboxylic acid groups (broad SMARTS) is 3. The van der Waals surface area contributed by atoms with E-state index in [1.807, 2.05) is 0 Å². The summed E-state index contributed by atoms with van der Waals surface area (Å²) in [5.74, 6) is -4.91. The van der Waals surface area contributed by atoms with Crippen LogP contribution in [0.25, 0.3) is 0 Å². The highest BCUT2D eigenvalue weighted by Gasteiger charge is 2.37. The van der Waals surface area contributed by atoms with Crippen molar-refractivity contribution >= 4 is 17.9 Å². The molecular formula is C31H58NO6+. The van der Waals surface area contributed by atoms with Crippen molar-refractivity contribution in [3.63, 3.8) is 0 Å². The number of quaternary nitrogens is 1. The molecule has 0 aromatic carbocycles. The zero-order valence-corrected chi connectivity index (χ0v) is 24.8. The van der Waals surface area contributed by atoms with Crippen molar-refractivity contribution in [1.29, 1.82) is 0 Å². The lowest BCUT2D eigenvalue weighted by atomic mass is 10.0. The van der Waals surface area contributed by atoms with E-state index in [-0.39, 0.29) is 24.1 Å². The first kappa shape index (κ1) is 36.1. The smallest absolute Gasteiger partial charge is 0.311 e. The lowest BCUT2D eigenvalue weighted by molar-refractivity contribution is -0.933. The van der Waals surface area contributed by atoms with Crippen LogP contribution in [-0.4, -0.2) is 63.9 Å². The zero-order valence-electron chi connectivity index (χ0n) is 24.8. The molecule has 0 aliphatic heterocycles. The monoisotopic (exact) mass is 540 g/mol. The molecule has 0 bridgehead atoms. The molecule has 0 rings (SSSR count). The Hall–Kier alpha value is -1.89. The van der Waals surface area contributed by atoms with Gasteiger partial charge >= 0.3 is 17.9 Å². The Labute approximate surface area is 232 Å². The van der Waals surface area contributed by atoms with Gasteiger partial charge in [-0.3, -0.25) is 14.4 Å². The fourth-order valence-corrected chi connectivity index (χ4v) is 5.34. The molecule has 0 aromatic heterocycles. The number of hydrogen-bond acceptors (Lipinski definition) is 3. The molecule has 222 valence electrons. The van der Waals surface area contributed by atoms with Gasteiger partial charge < -0.3 is 19.8 Å². The van der Waals surface area contributed by atoms with Gasteiger partial charge in [-0.05, 0) is 33.6 Å². The van der Waals surface area contributed by atoms with Crippen LogP contribution in [0.4, 0.5) is 0 Å². The van der Waals surface area contributed by atoms with Crippen molar-refractivity contribution in [2.24, 2.45) is 17.8 Å². The normalized spacial score (nSPS) is 15.7. The average Bonchev–Trinajstić information content (AvgIpc) is 2.85. The first-order valence-electron chi connectivity index (χ1n) is 15.2. The molecule has 0 fully saturated rings. The average molecular weight is 541 g/mol. The highest BCUT2D eigenvalue weighted by Crippen LogP contribution is 2.21. The lowest BCUT2D eigenvalue weighted by Gasteiger charge is -2.42. The SMILES string of the molecule is CCCCCCCCCCCCCCC/C=C/CC[N+](CC(C)C(=O)O)(CC(C)C(=O)O)CC(C)C(=O)O. The fourth-order valence-electron chi connectivity index (χ4n) is 5.34. The van der Waals surface area contributed by atoms with Crippen LogP contribution in [-0.2, 0) is 14.4 Å². The maximum atomic E-state index is 11.6. The Morgan fingerprint density at radius 3 is 1.21 bits per heavy atom. The van der Waals surface area contributed by atoms with Crippen molar-refractivity contribution in [3.8, 4) is 0 Å². The lowest BCUT2D eigenvalue weighted by Crippen LogP contribution is -2.57. The maximum absolute atomic E-state index is 11.6. The van der Waals surface area contributed by atoms with E-state index in [9.17, 15) is 29.7 Å². The standard InChI is InChI=1S/C31H57NO6/c1-5-6-7-8-9-10-11-12-13-14-15-16-17-18-19-20-21-22-32(23-26(2)29(33)34,24-27(3)30(35)36)25-28(4)31(37)38/h19-20,26-28H,5-18,21-25H2,1-4H3,(H2-,33,34,35,36,37,38)/p+1/b20-19+. The second kappa shape index (κ2) is 22.0. The number of rotatable bonds is 26. The van der Waals surface area contributed by atoms with E-state index in [0.29, 0.717) is 13.0 Å². The molecule has 0 saturated heterocycles. The molecular weight excluding hydrogens is 482 g/mol. The van der Waals surface area contributed by atoms with Gasteiger partial charge in [-0.25, -0.2) is 0 Å². The topological polar surface area (TPSA) is 112 Å². The predicted octanol–water partition coefficient (Wildman–Crippen LogP) is 7.39. The van der Waals surface area contributed by atoms with Crippen molar-refractivity contribution in [2.75, 3.05) is 26.2 Å². The Morgan fingerprint density at radius 2 is 0.868 bits per heavy atom. The molecule has 0 radical (unpaired) electrons. The van der Waals surface area contributed by atoms with Crippen LogP contribution in [0.1, 0.15) is 124 Å². The minimum atomic E-state index is -0.948. The second-order valence-electron chi connectivity index (χ2n) is 11.6. The minimum absolute atomic E-state index is 0.178. The summed E-state index contributed by atoms with van der Waals surface area (Å²) in [7, 11) is 0. The fraction of sp³-hybridized carbons (Fsp3) is 0.839. The summed E-state index contributed by atoms with van der Waals surface area (Å²) < 4.78 is 0.178. The van der Waals surface area contributed by atoms with Gasteiger partial charge in [0.1, 0.15) is 17.8 Å². The summed E-state index contributed by atoms with van der Waals surface area (Å²) in [5.41, 5.74) is 0. The van der Waals surface area contributed by atoms with E-state index < -0.39 is 35.7 Å². The highest BCUT2D eigenvalue weighted by atomic mass is 16.4. The molecule has 0 saturated carbocycles. The molecule has 0 amide bonds. The largest absolute Gasteiger partial charge is 0.481 e. The van der Waals surface area contributed by atoms with E-state index in [1.165, 1.54) is 77.0 Å². The van der Waals surface area contributed by atoms with Gasteiger partial charge in [0.15, 0.2) is 0 Å². The number of carbonyl (C=O) groups is 3. The van der Waals surface area contributed by atoms with Crippen LogP contribution in [0.15, 0.2) is 12.2 Å². The summed E-state index contributed by atoms with van der Waals surface area (Å²) in [6.07, 6.45) is 23.2. The van der Waals surface area contributed by atoms with Crippen molar-refractivity contribution in [2.45, 2.75) is 124 Å². The second-order valence-corrected chi connectivity index (χ2v) is 11.6. The van der Waals surface area contributed by atoms with E-state index in [0.717, 1.165) is 12.8 Å². The van der Waals surface area contributed by atoms with Crippen LogP contribution in [0.3, 0.4) is 0 Å². The van der Waals surface area contributed by atoms with E-state index in [2.05, 4.69) is 19.1 Å². The Morgan fingerprint density at radius 1 is 0.553 bits per heavy atom. The number of carboxylic acids is 3. The van der Waals surface area contributed by atoms with E-state index >= 15 is 0 Å². The van der Waals surface area contributed by atoms with Crippen molar-refractivity contribution < 1.29 is 34.2 Å². The van der Waals surface area contributed by atoms with Crippen LogP contribution >= 0.6 is 0 Å². The summed E-state index contributed by atoms with van der Waals surface area (Å²) in [5, 5.41) is 28.5. The first-order chi connectivity index (χ1) is 18.0. The van der Waals surface area contributed by atoms with Gasteiger partial charge in [0, 0.05) is 6.42 Å². The number of nitrogens with zero attached hydrogens (tertiary/aromatic N) is 1. The Bertz CT molecular complexity index is 622.